The zero-order valence-corrected chi connectivity index (χ0v) is 12.8. The highest BCUT2D eigenvalue weighted by atomic mass is 16.5. The molecule has 1 heterocycles. The zero-order valence-electron chi connectivity index (χ0n) is 12.8. The number of hydrogen-bond donors (Lipinski definition) is 3. The van der Waals surface area contributed by atoms with Crippen molar-refractivity contribution in [3.05, 3.63) is 0 Å². The summed E-state index contributed by atoms with van der Waals surface area (Å²) in [5.41, 5.74) is 0. The van der Waals surface area contributed by atoms with Gasteiger partial charge in [-0.15, -0.1) is 0 Å². The monoisotopic (exact) mass is 314 g/mol. The number of carbonyl (C=O) groups excluding carboxylic acids is 4. The van der Waals surface area contributed by atoms with Crippen molar-refractivity contribution < 1.29 is 23.9 Å². The van der Waals surface area contributed by atoms with Gasteiger partial charge in [0.2, 0.25) is 11.8 Å². The van der Waals surface area contributed by atoms with Crippen LogP contribution in [0.1, 0.15) is 19.8 Å². The van der Waals surface area contributed by atoms with E-state index in [2.05, 4.69) is 20.7 Å². The zero-order chi connectivity index (χ0) is 16.5. The molecular weight excluding hydrogens is 292 g/mol. The van der Waals surface area contributed by atoms with Gasteiger partial charge in [0, 0.05) is 19.6 Å². The van der Waals surface area contributed by atoms with Crippen LogP contribution in [0.15, 0.2) is 0 Å². The van der Waals surface area contributed by atoms with Gasteiger partial charge in [-0.1, -0.05) is 6.92 Å². The fourth-order valence-electron chi connectivity index (χ4n) is 2.05. The SMILES string of the molecule is CCCNC(=O)NC(=O)CN1CCNC(=O)C1CC(=O)OC. The molecule has 4 amide bonds. The van der Waals surface area contributed by atoms with Crippen molar-refractivity contribution in [3.8, 4) is 0 Å². The smallest absolute Gasteiger partial charge is 0.321 e. The molecule has 0 aromatic rings. The lowest BCUT2D eigenvalue weighted by Gasteiger charge is -2.33. The van der Waals surface area contributed by atoms with Crippen LogP contribution in [0.4, 0.5) is 4.79 Å². The molecule has 0 aromatic heterocycles. The number of piperazine rings is 1. The van der Waals surface area contributed by atoms with Gasteiger partial charge in [0.15, 0.2) is 0 Å². The number of hydrogen-bond acceptors (Lipinski definition) is 6. The quantitative estimate of drug-likeness (QED) is 0.518. The lowest BCUT2D eigenvalue weighted by atomic mass is 10.1. The molecule has 9 nitrogen and oxygen atoms in total. The summed E-state index contributed by atoms with van der Waals surface area (Å²) in [5.74, 6) is -1.40. The largest absolute Gasteiger partial charge is 0.469 e. The molecule has 0 spiro atoms. The second-order valence-electron chi connectivity index (χ2n) is 4.86. The van der Waals surface area contributed by atoms with E-state index in [0.717, 1.165) is 6.42 Å². The van der Waals surface area contributed by atoms with E-state index in [-0.39, 0.29) is 18.9 Å². The minimum Gasteiger partial charge on any atom is -0.469 e. The fraction of sp³-hybridized carbons (Fsp3) is 0.692. The third-order valence-electron chi connectivity index (χ3n) is 3.16. The molecule has 0 saturated carbocycles. The Balaban J connectivity index is 2.55. The van der Waals surface area contributed by atoms with Gasteiger partial charge in [-0.25, -0.2) is 4.79 Å². The minimum atomic E-state index is -0.773. The molecule has 3 N–H and O–H groups in total. The number of carbonyl (C=O) groups is 4. The Hall–Kier alpha value is -2.16. The van der Waals surface area contributed by atoms with Crippen LogP contribution in [0.3, 0.4) is 0 Å². The average molecular weight is 314 g/mol. The predicted molar refractivity (Wildman–Crippen MR) is 76.8 cm³/mol. The molecule has 0 radical (unpaired) electrons. The van der Waals surface area contributed by atoms with Crippen LogP contribution in [0.25, 0.3) is 0 Å². The van der Waals surface area contributed by atoms with Gasteiger partial charge in [-0.05, 0) is 6.42 Å². The van der Waals surface area contributed by atoms with Crippen LogP contribution in [0, 0.1) is 0 Å². The molecule has 1 fully saturated rings. The molecule has 1 saturated heterocycles. The number of nitrogens with one attached hydrogen (secondary N) is 3. The summed E-state index contributed by atoms with van der Waals surface area (Å²) < 4.78 is 4.55. The topological polar surface area (TPSA) is 117 Å². The molecule has 1 atom stereocenters. The molecule has 0 bridgehead atoms. The molecule has 0 aromatic carbocycles. The lowest BCUT2D eigenvalue weighted by molar-refractivity contribution is -0.146. The van der Waals surface area contributed by atoms with Crippen LogP contribution < -0.4 is 16.0 Å². The summed E-state index contributed by atoms with van der Waals surface area (Å²) in [6, 6.07) is -1.34. The van der Waals surface area contributed by atoms with Gasteiger partial charge in [-0.3, -0.25) is 24.6 Å². The van der Waals surface area contributed by atoms with Crippen molar-refractivity contribution in [3.63, 3.8) is 0 Å². The number of methoxy groups -OCH3 is 1. The Morgan fingerprint density at radius 2 is 2.14 bits per heavy atom. The van der Waals surface area contributed by atoms with Crippen LogP contribution >= 0.6 is 0 Å². The van der Waals surface area contributed by atoms with Crippen molar-refractivity contribution in [1.82, 2.24) is 20.9 Å². The van der Waals surface area contributed by atoms with Crippen LogP contribution in [-0.2, 0) is 19.1 Å². The summed E-state index contributed by atoms with van der Waals surface area (Å²) in [4.78, 5) is 48.0. The first-order valence-corrected chi connectivity index (χ1v) is 7.14. The summed E-state index contributed by atoms with van der Waals surface area (Å²) in [7, 11) is 1.23. The van der Waals surface area contributed by atoms with Crippen molar-refractivity contribution >= 4 is 23.8 Å². The van der Waals surface area contributed by atoms with Gasteiger partial charge in [0.1, 0.15) is 6.04 Å². The highest BCUT2D eigenvalue weighted by Crippen LogP contribution is 2.09. The molecule has 0 aliphatic carbocycles. The maximum Gasteiger partial charge on any atom is 0.321 e. The van der Waals surface area contributed by atoms with E-state index in [1.807, 2.05) is 6.92 Å². The first-order chi connectivity index (χ1) is 10.5. The molecule has 124 valence electrons. The molecule has 1 aliphatic rings. The minimum absolute atomic E-state index is 0.141. The maximum atomic E-state index is 11.8. The Bertz CT molecular complexity index is 440. The normalized spacial score (nSPS) is 18.3. The van der Waals surface area contributed by atoms with Crippen LogP contribution in [0.5, 0.6) is 0 Å². The van der Waals surface area contributed by atoms with Gasteiger partial charge >= 0.3 is 12.0 Å². The van der Waals surface area contributed by atoms with Crippen molar-refractivity contribution in [2.75, 3.05) is 33.3 Å². The van der Waals surface area contributed by atoms with Gasteiger partial charge in [0.05, 0.1) is 20.1 Å². The fourth-order valence-corrected chi connectivity index (χ4v) is 2.05. The van der Waals surface area contributed by atoms with E-state index in [1.54, 1.807) is 4.90 Å². The van der Waals surface area contributed by atoms with E-state index in [1.165, 1.54) is 7.11 Å². The average Bonchev–Trinajstić information content (AvgIpc) is 2.48. The van der Waals surface area contributed by atoms with Gasteiger partial charge in [-0.2, -0.15) is 0 Å². The Kier molecular flexibility index (Phi) is 7.30. The third kappa shape index (κ3) is 5.68. The Labute approximate surface area is 128 Å². The predicted octanol–water partition coefficient (Wildman–Crippen LogP) is -1.41. The molecular formula is C13H22N4O5. The second kappa shape index (κ2) is 8.98. The molecule has 1 unspecified atom stereocenters. The molecule has 9 heteroatoms. The Morgan fingerprint density at radius 3 is 2.77 bits per heavy atom. The Morgan fingerprint density at radius 1 is 1.41 bits per heavy atom. The summed E-state index contributed by atoms with van der Waals surface area (Å²) in [6.45, 7) is 3.01. The second-order valence-corrected chi connectivity index (χ2v) is 4.86. The van der Waals surface area contributed by atoms with Crippen molar-refractivity contribution in [2.24, 2.45) is 0 Å². The number of urea groups is 1. The van der Waals surface area contributed by atoms with E-state index in [0.29, 0.717) is 19.6 Å². The number of rotatable bonds is 6. The number of ether oxygens (including phenoxy) is 1. The number of imide groups is 1. The maximum absolute atomic E-state index is 11.8. The summed E-state index contributed by atoms with van der Waals surface area (Å²) in [5, 5.41) is 7.34. The molecule has 1 aliphatic heterocycles. The highest BCUT2D eigenvalue weighted by Gasteiger charge is 2.33. The molecule has 22 heavy (non-hydrogen) atoms. The summed E-state index contributed by atoms with van der Waals surface area (Å²) in [6.07, 6.45) is 0.618. The van der Waals surface area contributed by atoms with Crippen LogP contribution in [0.2, 0.25) is 0 Å². The van der Waals surface area contributed by atoms with Gasteiger partial charge < -0.3 is 15.4 Å². The van der Waals surface area contributed by atoms with E-state index < -0.39 is 23.9 Å². The van der Waals surface area contributed by atoms with E-state index in [9.17, 15) is 19.2 Å². The first-order valence-electron chi connectivity index (χ1n) is 7.14. The lowest BCUT2D eigenvalue weighted by Crippen LogP contribution is -2.58. The van der Waals surface area contributed by atoms with Crippen molar-refractivity contribution in [2.45, 2.75) is 25.8 Å². The van der Waals surface area contributed by atoms with Crippen molar-refractivity contribution in [1.29, 1.82) is 0 Å². The first kappa shape index (κ1) is 17.9. The molecule has 1 rings (SSSR count). The van der Waals surface area contributed by atoms with E-state index >= 15 is 0 Å². The number of esters is 1. The van der Waals surface area contributed by atoms with E-state index in [4.69, 9.17) is 0 Å². The summed E-state index contributed by atoms with van der Waals surface area (Å²) >= 11 is 0. The van der Waals surface area contributed by atoms with Crippen LogP contribution in [-0.4, -0.2) is 68.0 Å². The standard InChI is InChI=1S/C13H22N4O5/c1-3-4-15-13(21)16-10(18)8-17-6-5-14-12(20)9(17)7-11(19)22-2/h9H,3-8H2,1-2H3,(H,14,20)(H2,15,16,18,21). The number of amides is 4. The number of nitrogens with zero attached hydrogens (tertiary/aromatic N) is 1. The van der Waals surface area contributed by atoms with Gasteiger partial charge in [0.25, 0.3) is 0 Å². The third-order valence-corrected chi connectivity index (χ3v) is 3.16. The highest BCUT2D eigenvalue weighted by molar-refractivity contribution is 5.96.